The number of carbonyl (C=O) groups excluding carboxylic acids is 3. The van der Waals surface area contributed by atoms with Crippen LogP contribution >= 0.6 is 0 Å². The molecule has 236 valence electrons. The van der Waals surface area contributed by atoms with E-state index in [0.717, 1.165) is 45.1 Å². The highest BCUT2D eigenvalue weighted by Gasteiger charge is 2.38. The van der Waals surface area contributed by atoms with E-state index in [2.05, 4.69) is 16.0 Å². The van der Waals surface area contributed by atoms with Crippen LogP contribution in [-0.4, -0.2) is 78.4 Å². The Hall–Kier alpha value is -2.45. The first kappa shape index (κ1) is 39.7. The quantitative estimate of drug-likeness (QED) is 0.0992. The maximum atomic E-state index is 12.6. The molecule has 2 atom stereocenters. The monoisotopic (exact) mass is 585 g/mol. The van der Waals surface area contributed by atoms with Gasteiger partial charge in [-0.25, -0.2) is 4.79 Å². The number of hydrogen-bond acceptors (Lipinski definition) is 7. The molecule has 0 aliphatic carbocycles. The fourth-order valence-corrected chi connectivity index (χ4v) is 3.41. The van der Waals surface area contributed by atoms with Crippen molar-refractivity contribution in [2.45, 2.75) is 109 Å². The largest absolute Gasteiger partial charge is 0.490 e. The zero-order valence-corrected chi connectivity index (χ0v) is 23.9. The summed E-state index contributed by atoms with van der Waals surface area (Å²) in [7, 11) is 0. The van der Waals surface area contributed by atoms with Crippen molar-refractivity contribution >= 4 is 23.7 Å². The van der Waals surface area contributed by atoms with Crippen LogP contribution in [0.1, 0.15) is 90.9 Å². The Labute approximate surface area is 235 Å². The number of aliphatic carboxylic acids is 1. The second-order valence-electron chi connectivity index (χ2n) is 9.96. The second-order valence-corrected chi connectivity index (χ2v) is 9.96. The van der Waals surface area contributed by atoms with Gasteiger partial charge in [0.25, 0.3) is 0 Å². The number of carboxylic acids is 1. The number of aliphatic hydroxyl groups is 1. The van der Waals surface area contributed by atoms with Crippen LogP contribution in [0.5, 0.6) is 0 Å². The Morgan fingerprint density at radius 3 is 1.68 bits per heavy atom. The average molecular weight is 586 g/mol. The molecule has 9 N–H and O–H groups in total. The molecule has 0 radical (unpaired) electrons. The Morgan fingerprint density at radius 1 is 0.750 bits per heavy atom. The van der Waals surface area contributed by atoms with E-state index < -0.39 is 36.7 Å². The van der Waals surface area contributed by atoms with E-state index in [0.29, 0.717) is 32.4 Å². The number of carbonyl (C=O) groups is 4. The van der Waals surface area contributed by atoms with E-state index in [9.17, 15) is 32.7 Å². The van der Waals surface area contributed by atoms with Crippen molar-refractivity contribution in [3.8, 4) is 0 Å². The summed E-state index contributed by atoms with van der Waals surface area (Å²) < 4.78 is 31.7. The van der Waals surface area contributed by atoms with Crippen LogP contribution in [0.2, 0.25) is 0 Å². The van der Waals surface area contributed by atoms with Gasteiger partial charge in [-0.3, -0.25) is 14.4 Å². The number of hydrogen-bond donors (Lipinski definition) is 7. The predicted octanol–water partition coefficient (Wildman–Crippen LogP) is 1.95. The second kappa shape index (κ2) is 24.4. The molecule has 3 amide bonds. The highest BCUT2D eigenvalue weighted by Crippen LogP contribution is 2.13. The van der Waals surface area contributed by atoms with Gasteiger partial charge >= 0.3 is 12.1 Å². The van der Waals surface area contributed by atoms with Crippen LogP contribution in [0.3, 0.4) is 0 Å². The first-order chi connectivity index (χ1) is 18.8. The van der Waals surface area contributed by atoms with Gasteiger partial charge < -0.3 is 37.6 Å². The van der Waals surface area contributed by atoms with Gasteiger partial charge in [0, 0.05) is 13.0 Å². The van der Waals surface area contributed by atoms with Crippen LogP contribution in [-0.2, 0) is 19.2 Å². The third kappa shape index (κ3) is 23.4. The molecule has 0 aromatic rings. The maximum Gasteiger partial charge on any atom is 0.490 e. The van der Waals surface area contributed by atoms with Crippen LogP contribution in [0.4, 0.5) is 13.2 Å². The maximum absolute atomic E-state index is 12.6. The molecule has 11 nitrogen and oxygen atoms in total. The summed E-state index contributed by atoms with van der Waals surface area (Å²) in [6.07, 6.45) is 5.70. The van der Waals surface area contributed by atoms with Gasteiger partial charge in [0.2, 0.25) is 17.7 Å². The summed E-state index contributed by atoms with van der Waals surface area (Å²) in [5.74, 6) is -3.56. The lowest BCUT2D eigenvalue weighted by atomic mass is 10.1. The lowest BCUT2D eigenvalue weighted by molar-refractivity contribution is -0.192. The summed E-state index contributed by atoms with van der Waals surface area (Å²) in [6, 6.07) is -1.80. The van der Waals surface area contributed by atoms with Crippen molar-refractivity contribution in [1.29, 1.82) is 0 Å². The highest BCUT2D eigenvalue weighted by molar-refractivity contribution is 5.92. The molecule has 0 heterocycles. The normalized spacial score (nSPS) is 12.6. The van der Waals surface area contributed by atoms with Crippen LogP contribution in [0.25, 0.3) is 0 Å². The van der Waals surface area contributed by atoms with Crippen LogP contribution < -0.4 is 27.4 Å². The fourth-order valence-electron chi connectivity index (χ4n) is 3.41. The van der Waals surface area contributed by atoms with Crippen molar-refractivity contribution in [3.05, 3.63) is 0 Å². The van der Waals surface area contributed by atoms with E-state index in [4.69, 9.17) is 21.4 Å². The van der Waals surface area contributed by atoms with Crippen molar-refractivity contribution in [2.75, 3.05) is 26.2 Å². The third-order valence-electron chi connectivity index (χ3n) is 5.70. The fraction of sp³-hybridized carbons (Fsp3) is 0.846. The molecule has 0 saturated carbocycles. The molecule has 0 unspecified atom stereocenters. The number of alkyl halides is 3. The van der Waals surface area contributed by atoms with E-state index in [-0.39, 0.29) is 17.7 Å². The topological polar surface area (TPSA) is 197 Å². The molecule has 0 bridgehead atoms. The number of unbranched alkanes of at least 4 members (excludes halogenated alkanes) is 8. The minimum absolute atomic E-state index is 0.264. The first-order valence-electron chi connectivity index (χ1n) is 14.0. The molecule has 0 rings (SSSR count). The molecule has 40 heavy (non-hydrogen) atoms. The third-order valence-corrected chi connectivity index (χ3v) is 5.70. The van der Waals surface area contributed by atoms with Gasteiger partial charge in [-0.1, -0.05) is 52.4 Å². The summed E-state index contributed by atoms with van der Waals surface area (Å²) in [5.41, 5.74) is 11.0. The molecule has 0 aliphatic heterocycles. The lowest BCUT2D eigenvalue weighted by Gasteiger charge is -2.22. The van der Waals surface area contributed by atoms with Gasteiger partial charge in [-0.15, -0.1) is 0 Å². The zero-order valence-electron chi connectivity index (χ0n) is 23.9. The number of aliphatic hydroxyl groups excluding tert-OH is 1. The van der Waals surface area contributed by atoms with Crippen molar-refractivity contribution in [1.82, 2.24) is 16.0 Å². The molecular weight excluding hydrogens is 535 g/mol. The number of amides is 3. The molecule has 0 aromatic carbocycles. The molecule has 0 aromatic heterocycles. The van der Waals surface area contributed by atoms with Gasteiger partial charge in [0.1, 0.15) is 12.1 Å². The van der Waals surface area contributed by atoms with Crippen molar-refractivity contribution in [3.63, 3.8) is 0 Å². The number of halogens is 3. The Bertz CT molecular complexity index is 711. The van der Waals surface area contributed by atoms with Gasteiger partial charge in [0.05, 0.1) is 6.61 Å². The minimum Gasteiger partial charge on any atom is -0.475 e. The Kier molecular flexibility index (Phi) is 24.2. The van der Waals surface area contributed by atoms with Gasteiger partial charge in [-0.2, -0.15) is 13.2 Å². The summed E-state index contributed by atoms with van der Waals surface area (Å²) in [6.45, 7) is 5.23. The van der Waals surface area contributed by atoms with E-state index in [1.54, 1.807) is 0 Å². The van der Waals surface area contributed by atoms with Gasteiger partial charge in [-0.05, 0) is 51.1 Å². The number of rotatable bonds is 21. The molecule has 0 saturated heterocycles. The predicted molar refractivity (Wildman–Crippen MR) is 146 cm³/mol. The van der Waals surface area contributed by atoms with E-state index >= 15 is 0 Å². The minimum atomic E-state index is -5.08. The lowest BCUT2D eigenvalue weighted by Crippen LogP contribution is -2.55. The smallest absolute Gasteiger partial charge is 0.475 e. The summed E-state index contributed by atoms with van der Waals surface area (Å²) >= 11 is 0. The number of nitrogens with two attached hydrogens (primary N) is 2. The average Bonchev–Trinajstić information content (AvgIpc) is 2.88. The summed E-state index contributed by atoms with van der Waals surface area (Å²) in [4.78, 5) is 46.2. The standard InChI is InChI=1S/C24H49N5O4.C2HF3O2/c1-19(2)17-27-23(32)20(13-10-12-16-26)29-24(33)21(18-30)28-22(31)14-9-7-5-3-4-6-8-11-15-25;3-2(4,5)1(6)7/h19-21,30H,3-18,25-26H2,1-2H3,(H,27,32)(H,28,31)(H,29,33);(H,6,7)/t20-,21-;/m0./s1. The zero-order chi connectivity index (χ0) is 31.0. The molecule has 14 heteroatoms. The summed E-state index contributed by atoms with van der Waals surface area (Å²) in [5, 5.41) is 24.8. The van der Waals surface area contributed by atoms with E-state index in [1.165, 1.54) is 19.3 Å². The molecule has 0 aliphatic rings. The van der Waals surface area contributed by atoms with Crippen LogP contribution in [0, 0.1) is 5.92 Å². The Balaban J connectivity index is 0. The number of nitrogens with one attached hydrogen (secondary N) is 3. The first-order valence-corrected chi connectivity index (χ1v) is 14.0. The molecular formula is C26H50F3N5O6. The van der Waals surface area contributed by atoms with Crippen molar-refractivity contribution < 1.29 is 42.6 Å². The molecule has 0 fully saturated rings. The number of carboxylic acid groups (broad SMARTS) is 1. The molecule has 0 spiro atoms. The van der Waals surface area contributed by atoms with Crippen LogP contribution in [0.15, 0.2) is 0 Å². The Morgan fingerprint density at radius 2 is 1.23 bits per heavy atom. The van der Waals surface area contributed by atoms with Crippen molar-refractivity contribution in [2.24, 2.45) is 17.4 Å². The highest BCUT2D eigenvalue weighted by atomic mass is 19.4. The SMILES string of the molecule is CC(C)CNC(=O)[C@H](CCCCN)NC(=O)[C@H](CO)NC(=O)CCCCCCCCCCN.O=C(O)C(F)(F)F. The van der Waals surface area contributed by atoms with E-state index in [1.807, 2.05) is 13.8 Å². The van der Waals surface area contributed by atoms with Gasteiger partial charge in [0.15, 0.2) is 0 Å².